The fourth-order valence-electron chi connectivity index (χ4n) is 2.72. The van der Waals surface area contributed by atoms with E-state index in [1.807, 2.05) is 6.92 Å². The predicted molar refractivity (Wildman–Crippen MR) is 67.4 cm³/mol. The molecule has 0 unspecified atom stereocenters. The molecule has 3 heterocycles. The van der Waals surface area contributed by atoms with Gasteiger partial charge in [0.2, 0.25) is 5.89 Å². The monoisotopic (exact) mass is 267 g/mol. The van der Waals surface area contributed by atoms with Crippen molar-refractivity contribution in [2.75, 3.05) is 19.7 Å². The third kappa shape index (κ3) is 2.80. The summed E-state index contributed by atoms with van der Waals surface area (Å²) in [6, 6.07) is 0. The average Bonchev–Trinajstić information content (AvgIpc) is 3.00. The van der Waals surface area contributed by atoms with Gasteiger partial charge >= 0.3 is 0 Å². The molecule has 0 aromatic carbocycles. The van der Waals surface area contributed by atoms with E-state index in [0.29, 0.717) is 12.5 Å². The molecule has 6 heteroatoms. The quantitative estimate of drug-likeness (QED) is 0.824. The number of nitrogens with zero attached hydrogens (tertiary/aromatic N) is 3. The summed E-state index contributed by atoms with van der Waals surface area (Å²) >= 11 is 0. The van der Waals surface area contributed by atoms with Crippen molar-refractivity contribution in [1.29, 1.82) is 0 Å². The van der Waals surface area contributed by atoms with Crippen molar-refractivity contribution in [2.24, 2.45) is 0 Å². The van der Waals surface area contributed by atoms with Crippen LogP contribution in [-0.4, -0.2) is 46.6 Å². The van der Waals surface area contributed by atoms with Crippen LogP contribution >= 0.6 is 0 Å². The van der Waals surface area contributed by atoms with Crippen LogP contribution in [0.15, 0.2) is 4.52 Å². The van der Waals surface area contributed by atoms with Crippen LogP contribution in [-0.2, 0) is 22.4 Å². The summed E-state index contributed by atoms with van der Waals surface area (Å²) in [5.41, 5.74) is 0. The van der Waals surface area contributed by atoms with Gasteiger partial charge in [0.1, 0.15) is 0 Å². The maximum absolute atomic E-state index is 5.91. The highest BCUT2D eigenvalue weighted by Crippen LogP contribution is 2.34. The van der Waals surface area contributed by atoms with Gasteiger partial charge in [0, 0.05) is 32.4 Å². The van der Waals surface area contributed by atoms with E-state index in [-0.39, 0.29) is 11.9 Å². The van der Waals surface area contributed by atoms with E-state index < -0.39 is 0 Å². The van der Waals surface area contributed by atoms with Gasteiger partial charge in [-0.3, -0.25) is 4.90 Å². The fraction of sp³-hybridized carbons (Fsp3) is 0.846. The van der Waals surface area contributed by atoms with Gasteiger partial charge < -0.3 is 14.0 Å². The van der Waals surface area contributed by atoms with E-state index >= 15 is 0 Å². The molecule has 0 bridgehead atoms. The third-order valence-corrected chi connectivity index (χ3v) is 3.79. The van der Waals surface area contributed by atoms with E-state index in [1.54, 1.807) is 0 Å². The number of likely N-dealkylation sites (tertiary alicyclic amines) is 1. The average molecular weight is 267 g/mol. The Labute approximate surface area is 113 Å². The molecule has 19 heavy (non-hydrogen) atoms. The Morgan fingerprint density at radius 2 is 2.16 bits per heavy atom. The molecule has 1 spiro atoms. The van der Waals surface area contributed by atoms with Crippen LogP contribution in [0.3, 0.4) is 0 Å². The number of aromatic nitrogens is 2. The van der Waals surface area contributed by atoms with Gasteiger partial charge in [0.05, 0.1) is 19.3 Å². The van der Waals surface area contributed by atoms with E-state index in [2.05, 4.69) is 22.0 Å². The molecule has 2 fully saturated rings. The normalized spacial score (nSPS) is 27.2. The lowest BCUT2D eigenvalue weighted by Crippen LogP contribution is -2.45. The molecular weight excluding hydrogens is 246 g/mol. The molecule has 0 N–H and O–H groups in total. The molecule has 0 radical (unpaired) electrons. The summed E-state index contributed by atoms with van der Waals surface area (Å²) in [6.07, 6.45) is 2.83. The Hall–Kier alpha value is -0.980. The zero-order chi connectivity index (χ0) is 13.3. The van der Waals surface area contributed by atoms with Crippen molar-refractivity contribution >= 4 is 0 Å². The van der Waals surface area contributed by atoms with Crippen LogP contribution < -0.4 is 0 Å². The van der Waals surface area contributed by atoms with Crippen LogP contribution in [0.4, 0.5) is 0 Å². The minimum atomic E-state index is -0.332. The molecule has 0 saturated carbocycles. The largest absolute Gasteiger partial charge is 0.347 e. The fourth-order valence-corrected chi connectivity index (χ4v) is 2.72. The first-order valence-corrected chi connectivity index (χ1v) is 7.05. The third-order valence-electron chi connectivity index (χ3n) is 3.79. The molecule has 1 aromatic rings. The summed E-state index contributed by atoms with van der Waals surface area (Å²) < 4.78 is 16.9. The van der Waals surface area contributed by atoms with Gasteiger partial charge in [-0.15, -0.1) is 0 Å². The molecular formula is C13H21N3O3. The summed E-state index contributed by atoms with van der Waals surface area (Å²) in [4.78, 5) is 6.67. The van der Waals surface area contributed by atoms with Crippen molar-refractivity contribution in [3.63, 3.8) is 0 Å². The molecule has 2 aliphatic rings. The second kappa shape index (κ2) is 5.19. The zero-order valence-electron chi connectivity index (χ0n) is 11.6. The van der Waals surface area contributed by atoms with E-state index in [4.69, 9.17) is 14.0 Å². The van der Waals surface area contributed by atoms with E-state index in [1.165, 1.54) is 0 Å². The molecule has 1 aromatic heterocycles. The highest BCUT2D eigenvalue weighted by molar-refractivity contribution is 4.89. The summed E-state index contributed by atoms with van der Waals surface area (Å²) in [6.45, 7) is 7.43. The topological polar surface area (TPSA) is 60.6 Å². The minimum Gasteiger partial charge on any atom is -0.347 e. The van der Waals surface area contributed by atoms with Gasteiger partial charge in [-0.05, 0) is 6.92 Å². The van der Waals surface area contributed by atoms with E-state index in [9.17, 15) is 0 Å². The Morgan fingerprint density at radius 3 is 2.74 bits per heavy atom. The SMILES string of the molecule is CCc1nc(CN2CCC3(CC2)OC[C@H](C)O3)no1. The lowest BCUT2D eigenvalue weighted by molar-refractivity contribution is -0.194. The maximum Gasteiger partial charge on any atom is 0.226 e. The molecule has 2 saturated heterocycles. The Bertz CT molecular complexity index is 427. The second-order valence-corrected chi connectivity index (χ2v) is 5.38. The predicted octanol–water partition coefficient (Wildman–Crippen LogP) is 1.36. The molecule has 3 rings (SSSR count). The number of hydrogen-bond acceptors (Lipinski definition) is 6. The lowest BCUT2D eigenvalue weighted by Gasteiger charge is -2.37. The van der Waals surface area contributed by atoms with Crippen LogP contribution in [0.2, 0.25) is 0 Å². The molecule has 1 atom stereocenters. The van der Waals surface area contributed by atoms with Crippen LogP contribution in [0.25, 0.3) is 0 Å². The van der Waals surface area contributed by atoms with Gasteiger partial charge in [0.25, 0.3) is 0 Å². The van der Waals surface area contributed by atoms with Crippen LogP contribution in [0.5, 0.6) is 0 Å². The van der Waals surface area contributed by atoms with Crippen LogP contribution in [0.1, 0.15) is 38.4 Å². The van der Waals surface area contributed by atoms with Crippen molar-refractivity contribution < 1.29 is 14.0 Å². The van der Waals surface area contributed by atoms with Crippen LogP contribution in [0, 0.1) is 0 Å². The zero-order valence-corrected chi connectivity index (χ0v) is 11.6. The van der Waals surface area contributed by atoms with Gasteiger partial charge in [-0.25, -0.2) is 0 Å². The minimum absolute atomic E-state index is 0.218. The number of rotatable bonds is 3. The highest BCUT2D eigenvalue weighted by atomic mass is 16.7. The first kappa shape index (κ1) is 13.0. The summed E-state index contributed by atoms with van der Waals surface area (Å²) in [5, 5.41) is 3.99. The maximum atomic E-state index is 5.91. The lowest BCUT2D eigenvalue weighted by atomic mass is 10.0. The van der Waals surface area contributed by atoms with Crippen molar-refractivity contribution in [3.8, 4) is 0 Å². The Balaban J connectivity index is 1.53. The first-order chi connectivity index (χ1) is 9.19. The highest BCUT2D eigenvalue weighted by Gasteiger charge is 2.42. The van der Waals surface area contributed by atoms with Gasteiger partial charge in [-0.2, -0.15) is 4.98 Å². The Morgan fingerprint density at radius 1 is 1.37 bits per heavy atom. The van der Waals surface area contributed by atoms with Crippen molar-refractivity contribution in [3.05, 3.63) is 11.7 Å². The van der Waals surface area contributed by atoms with Gasteiger partial charge in [0.15, 0.2) is 11.6 Å². The smallest absolute Gasteiger partial charge is 0.226 e. The first-order valence-electron chi connectivity index (χ1n) is 7.05. The second-order valence-electron chi connectivity index (χ2n) is 5.38. The molecule has 2 aliphatic heterocycles. The van der Waals surface area contributed by atoms with Crippen molar-refractivity contribution in [1.82, 2.24) is 15.0 Å². The summed E-state index contributed by atoms with van der Waals surface area (Å²) in [7, 11) is 0. The van der Waals surface area contributed by atoms with Crippen molar-refractivity contribution in [2.45, 2.75) is 51.5 Å². The molecule has 0 aliphatic carbocycles. The van der Waals surface area contributed by atoms with E-state index in [0.717, 1.165) is 44.7 Å². The number of piperidine rings is 1. The molecule has 6 nitrogen and oxygen atoms in total. The van der Waals surface area contributed by atoms with Gasteiger partial charge in [-0.1, -0.05) is 12.1 Å². The number of ether oxygens (including phenoxy) is 2. The standard InChI is InChI=1S/C13H21N3O3/c1-3-12-14-11(15-19-12)8-16-6-4-13(5-7-16)17-9-10(2)18-13/h10H,3-9H2,1-2H3/t10-/m0/s1. The Kier molecular flexibility index (Phi) is 3.56. The molecule has 106 valence electrons. The summed E-state index contributed by atoms with van der Waals surface area (Å²) in [5.74, 6) is 1.15. The number of hydrogen-bond donors (Lipinski definition) is 0. The number of aryl methyl sites for hydroxylation is 1. The molecule has 0 amide bonds.